The molecule has 2 N–H and O–H groups in total. The van der Waals surface area contributed by atoms with Crippen LogP contribution in [0.15, 0.2) is 60.7 Å². The van der Waals surface area contributed by atoms with Crippen LogP contribution < -0.4 is 15.1 Å². The van der Waals surface area contributed by atoms with Crippen LogP contribution in [0.2, 0.25) is 0 Å². The number of likely N-dealkylation sites (N-methyl/N-ethyl adjacent to an activating group) is 1. The van der Waals surface area contributed by atoms with E-state index in [-0.39, 0.29) is 11.6 Å². The van der Waals surface area contributed by atoms with Crippen molar-refractivity contribution >= 4 is 34.3 Å². The van der Waals surface area contributed by atoms with Gasteiger partial charge >= 0.3 is 0 Å². The second kappa shape index (κ2) is 9.74. The molecule has 0 bridgehead atoms. The molecule has 0 spiro atoms. The number of carbonyl (C=O) groups is 2. The van der Waals surface area contributed by atoms with Gasteiger partial charge in [-0.25, -0.2) is 0 Å². The van der Waals surface area contributed by atoms with E-state index in [0.29, 0.717) is 44.7 Å². The fourth-order valence-corrected chi connectivity index (χ4v) is 5.09. The predicted octanol–water partition coefficient (Wildman–Crippen LogP) is 4.29. The average molecular weight is 501 g/mol. The summed E-state index contributed by atoms with van der Waals surface area (Å²) in [7, 11) is 8.59. The van der Waals surface area contributed by atoms with Gasteiger partial charge in [-0.2, -0.15) is 0 Å². The first kappa shape index (κ1) is 25.1. The number of nitrogens with one attached hydrogen (secondary N) is 2. The van der Waals surface area contributed by atoms with Gasteiger partial charge in [-0.15, -0.1) is 0 Å². The third-order valence-electron chi connectivity index (χ3n) is 7.51. The molecule has 3 aromatic rings. The highest BCUT2D eigenvalue weighted by atomic mass is 16.5. The summed E-state index contributed by atoms with van der Waals surface area (Å²) in [6.45, 7) is 5.10. The number of nitrogens with zero attached hydrogens (tertiary/aromatic N) is 2. The van der Waals surface area contributed by atoms with Crippen molar-refractivity contribution in [1.82, 2.24) is 4.48 Å². The highest BCUT2D eigenvalue weighted by molar-refractivity contribution is 6.32. The Morgan fingerprint density at radius 2 is 1.38 bits per heavy atom. The van der Waals surface area contributed by atoms with Crippen LogP contribution in [0, 0.1) is 0 Å². The molecule has 0 amide bonds. The van der Waals surface area contributed by atoms with Crippen LogP contribution in [0.5, 0.6) is 0 Å². The number of hydrogen-bond donors (Lipinski definition) is 2. The third kappa shape index (κ3) is 5.03. The molecule has 192 valence electrons. The maximum atomic E-state index is 13.7. The number of anilines is 3. The Morgan fingerprint density at radius 3 is 1.97 bits per heavy atom. The summed E-state index contributed by atoms with van der Waals surface area (Å²) in [5.74, 6) is -0.255. The van der Waals surface area contributed by atoms with Gasteiger partial charge in [0.2, 0.25) is 0 Å². The Balaban J connectivity index is 1.48. The van der Waals surface area contributed by atoms with Crippen LogP contribution in [0.4, 0.5) is 22.7 Å². The monoisotopic (exact) mass is 500 g/mol. The summed E-state index contributed by atoms with van der Waals surface area (Å²) in [6.07, 6.45) is 0. The van der Waals surface area contributed by atoms with Crippen molar-refractivity contribution in [2.75, 3.05) is 78.2 Å². The maximum Gasteiger partial charge on any atom is 0.196 e. The van der Waals surface area contributed by atoms with Crippen molar-refractivity contribution in [3.8, 4) is 0 Å². The molecule has 1 saturated heterocycles. The molecule has 0 radical (unpaired) electrons. The Hall–Kier alpha value is -3.52. The zero-order valence-corrected chi connectivity index (χ0v) is 22.1. The summed E-state index contributed by atoms with van der Waals surface area (Å²) < 4.78 is 7.16. The fraction of sp³-hybridized carbons (Fsp3) is 0.333. The normalized spacial score (nSPS) is 16.6. The Bertz CT molecular complexity index is 1340. The van der Waals surface area contributed by atoms with E-state index >= 15 is 0 Å². The first-order valence-electron chi connectivity index (χ1n) is 12.9. The topological polar surface area (TPSA) is 67.4 Å². The minimum Gasteiger partial charge on any atom is -0.379 e. The lowest BCUT2D eigenvalue weighted by molar-refractivity contribution is -0.915. The molecule has 37 heavy (non-hydrogen) atoms. The SMILES string of the molecule is C[N+]1(CCNc2ccc(Nc3ccc([N+](C)(C)C)cc3)c3c2C(=O)c2ccccc2C3=O)CCOCC1. The Labute approximate surface area is 218 Å². The maximum absolute atomic E-state index is 13.7. The highest BCUT2D eigenvalue weighted by Gasteiger charge is 2.34. The fourth-order valence-electron chi connectivity index (χ4n) is 5.09. The van der Waals surface area contributed by atoms with Crippen LogP contribution in [0.25, 0.3) is 0 Å². The number of fused-ring (bicyclic) bond motifs is 2. The van der Waals surface area contributed by atoms with E-state index in [4.69, 9.17) is 4.74 Å². The molecule has 1 aliphatic carbocycles. The number of morpholine rings is 1. The summed E-state index contributed by atoms with van der Waals surface area (Å²) in [5, 5.41) is 6.89. The molecule has 2 aliphatic rings. The summed E-state index contributed by atoms with van der Waals surface area (Å²) >= 11 is 0. The van der Waals surface area contributed by atoms with Crippen molar-refractivity contribution in [3.05, 3.63) is 82.9 Å². The van der Waals surface area contributed by atoms with E-state index in [1.54, 1.807) is 18.2 Å². The second-order valence-electron chi connectivity index (χ2n) is 11.1. The van der Waals surface area contributed by atoms with Crippen molar-refractivity contribution in [2.24, 2.45) is 0 Å². The first-order chi connectivity index (χ1) is 17.7. The number of carbonyl (C=O) groups excluding carboxylic acids is 2. The molecular weight excluding hydrogens is 464 g/mol. The van der Waals surface area contributed by atoms with Gasteiger partial charge in [0.25, 0.3) is 0 Å². The predicted molar refractivity (Wildman–Crippen MR) is 149 cm³/mol. The van der Waals surface area contributed by atoms with E-state index in [9.17, 15) is 9.59 Å². The number of benzene rings is 3. The van der Waals surface area contributed by atoms with Crippen molar-refractivity contribution in [3.63, 3.8) is 0 Å². The summed E-state index contributed by atoms with van der Waals surface area (Å²) in [5.41, 5.74) is 5.16. The molecule has 5 rings (SSSR count). The molecule has 0 unspecified atom stereocenters. The van der Waals surface area contributed by atoms with E-state index in [0.717, 1.165) is 43.0 Å². The van der Waals surface area contributed by atoms with E-state index in [1.165, 1.54) is 5.69 Å². The zero-order chi connectivity index (χ0) is 26.2. The van der Waals surface area contributed by atoms with Gasteiger partial charge in [0.1, 0.15) is 18.8 Å². The lowest BCUT2D eigenvalue weighted by Gasteiger charge is -2.37. The van der Waals surface area contributed by atoms with Crippen molar-refractivity contribution in [1.29, 1.82) is 0 Å². The van der Waals surface area contributed by atoms with Crippen LogP contribution in [0.1, 0.15) is 31.8 Å². The number of hydrogen-bond acceptors (Lipinski definition) is 5. The minimum atomic E-state index is -0.133. The molecule has 0 atom stereocenters. The average Bonchev–Trinajstić information content (AvgIpc) is 2.88. The smallest absolute Gasteiger partial charge is 0.196 e. The van der Waals surface area contributed by atoms with E-state index < -0.39 is 0 Å². The van der Waals surface area contributed by atoms with Gasteiger partial charge in [0, 0.05) is 34.6 Å². The largest absolute Gasteiger partial charge is 0.379 e. The molecule has 1 aliphatic heterocycles. The lowest BCUT2D eigenvalue weighted by atomic mass is 9.82. The van der Waals surface area contributed by atoms with Gasteiger partial charge in [0.05, 0.1) is 71.3 Å². The highest BCUT2D eigenvalue weighted by Crippen LogP contribution is 2.38. The standard InChI is InChI=1S/C30H34N4O3/c1-33(2,3)22-11-9-21(10-12-22)32-26-14-13-25(31-15-16-34(4)17-19-37-20-18-34)27-28(26)30(36)24-8-6-5-7-23(24)29(27)35/h5-14H,15-20H2,1-4H3/p+2. The molecule has 7 heteroatoms. The minimum absolute atomic E-state index is 0.122. The van der Waals surface area contributed by atoms with Crippen LogP contribution in [-0.2, 0) is 4.74 Å². The number of rotatable bonds is 7. The van der Waals surface area contributed by atoms with Gasteiger partial charge in [-0.1, -0.05) is 24.3 Å². The molecule has 0 saturated carbocycles. The first-order valence-corrected chi connectivity index (χ1v) is 12.9. The zero-order valence-electron chi connectivity index (χ0n) is 22.1. The Kier molecular flexibility index (Phi) is 6.62. The number of ether oxygens (including phenoxy) is 1. The van der Waals surface area contributed by atoms with Gasteiger partial charge in [-0.3, -0.25) is 14.1 Å². The Morgan fingerprint density at radius 1 is 0.811 bits per heavy atom. The number of quaternary nitrogens is 2. The van der Waals surface area contributed by atoms with Crippen LogP contribution >= 0.6 is 0 Å². The van der Waals surface area contributed by atoms with E-state index in [1.807, 2.05) is 30.3 Å². The second-order valence-corrected chi connectivity index (χ2v) is 11.1. The van der Waals surface area contributed by atoms with Crippen molar-refractivity contribution in [2.45, 2.75) is 0 Å². The molecule has 0 aromatic heterocycles. The quantitative estimate of drug-likeness (QED) is 0.371. The molecule has 7 nitrogen and oxygen atoms in total. The summed E-state index contributed by atoms with van der Waals surface area (Å²) in [6, 6.07) is 19.1. The molecule has 1 heterocycles. The third-order valence-corrected chi connectivity index (χ3v) is 7.51. The van der Waals surface area contributed by atoms with E-state index in [2.05, 4.69) is 51.0 Å². The van der Waals surface area contributed by atoms with Crippen LogP contribution in [0.3, 0.4) is 0 Å². The van der Waals surface area contributed by atoms with Crippen molar-refractivity contribution < 1.29 is 18.8 Å². The molecule has 3 aromatic carbocycles. The van der Waals surface area contributed by atoms with Gasteiger partial charge < -0.3 is 19.9 Å². The van der Waals surface area contributed by atoms with Gasteiger partial charge in [-0.05, 0) is 24.3 Å². The lowest BCUT2D eigenvalue weighted by Crippen LogP contribution is -2.53. The van der Waals surface area contributed by atoms with Gasteiger partial charge in [0.15, 0.2) is 11.6 Å². The molecule has 1 fully saturated rings. The number of ketones is 2. The molecular formula is C30H36N4O3+2. The summed E-state index contributed by atoms with van der Waals surface area (Å²) in [4.78, 5) is 27.5. The van der Waals surface area contributed by atoms with Crippen LogP contribution in [-0.4, -0.2) is 83.6 Å².